The van der Waals surface area contributed by atoms with E-state index in [0.29, 0.717) is 11.3 Å². The lowest BCUT2D eigenvalue weighted by Gasteiger charge is -2.19. The first-order valence-electron chi connectivity index (χ1n) is 9.11. The van der Waals surface area contributed by atoms with Crippen molar-refractivity contribution >= 4 is 11.8 Å². The third-order valence-corrected chi connectivity index (χ3v) is 5.25. The summed E-state index contributed by atoms with van der Waals surface area (Å²) in [6, 6.07) is 14.4. The fraction of sp³-hybridized carbons (Fsp3) is 0.333. The van der Waals surface area contributed by atoms with Crippen LogP contribution < -0.4 is 9.47 Å². The van der Waals surface area contributed by atoms with Crippen LogP contribution in [0.2, 0.25) is 0 Å². The van der Waals surface area contributed by atoms with Crippen LogP contribution in [0.5, 0.6) is 11.5 Å². The zero-order valence-corrected chi connectivity index (χ0v) is 17.2. The van der Waals surface area contributed by atoms with Gasteiger partial charge in [-0.05, 0) is 56.7 Å². The Morgan fingerprint density at radius 3 is 2.32 bits per heavy atom. The highest BCUT2D eigenvalue weighted by Gasteiger charge is 2.21. The lowest BCUT2D eigenvalue weighted by Crippen LogP contribution is -2.14. The predicted molar refractivity (Wildman–Crippen MR) is 108 cm³/mol. The smallest absolute Gasteiger partial charge is 0.191 e. The van der Waals surface area contributed by atoms with Crippen LogP contribution in [0.3, 0.4) is 0 Å². The van der Waals surface area contributed by atoms with Crippen LogP contribution in [-0.2, 0) is 5.75 Å². The second kappa shape index (κ2) is 9.10. The Morgan fingerprint density at radius 2 is 1.68 bits per heavy atom. The molecule has 1 heterocycles. The Labute approximate surface area is 168 Å². The standard InChI is InChI=1S/C21H24FN3O2S/c1-14(2)25-20(15(3)27-18-11-9-17(26-4)10-12-18)23-24-21(25)28-13-16-7-5-6-8-19(16)22/h5-12,14-15H,13H2,1-4H3. The van der Waals surface area contributed by atoms with Crippen LogP contribution >= 0.6 is 11.8 Å². The molecule has 28 heavy (non-hydrogen) atoms. The van der Waals surface area contributed by atoms with E-state index < -0.39 is 0 Å². The Balaban J connectivity index is 1.76. The summed E-state index contributed by atoms with van der Waals surface area (Å²) in [7, 11) is 1.63. The van der Waals surface area contributed by atoms with Crippen LogP contribution in [-0.4, -0.2) is 21.9 Å². The number of rotatable bonds is 8. The van der Waals surface area contributed by atoms with Crippen molar-refractivity contribution in [3.05, 3.63) is 65.7 Å². The maximum atomic E-state index is 13.9. The van der Waals surface area contributed by atoms with Crippen LogP contribution in [0, 0.1) is 5.82 Å². The molecule has 2 aromatic carbocycles. The summed E-state index contributed by atoms with van der Waals surface area (Å²) >= 11 is 1.47. The molecule has 0 aliphatic heterocycles. The molecule has 7 heteroatoms. The van der Waals surface area contributed by atoms with E-state index in [9.17, 15) is 4.39 Å². The first-order valence-corrected chi connectivity index (χ1v) is 10.1. The van der Waals surface area contributed by atoms with Gasteiger partial charge >= 0.3 is 0 Å². The Kier molecular flexibility index (Phi) is 6.57. The van der Waals surface area contributed by atoms with Crippen molar-refractivity contribution in [1.29, 1.82) is 0 Å². The lowest BCUT2D eigenvalue weighted by molar-refractivity contribution is 0.207. The molecule has 0 bridgehead atoms. The maximum absolute atomic E-state index is 13.9. The van der Waals surface area contributed by atoms with Crippen molar-refractivity contribution in [2.75, 3.05) is 7.11 Å². The van der Waals surface area contributed by atoms with Gasteiger partial charge in [0, 0.05) is 11.8 Å². The van der Waals surface area contributed by atoms with Gasteiger partial charge in [0.1, 0.15) is 17.3 Å². The molecule has 5 nitrogen and oxygen atoms in total. The fourth-order valence-corrected chi connectivity index (χ4v) is 3.88. The Morgan fingerprint density at radius 1 is 1.00 bits per heavy atom. The number of halogens is 1. The van der Waals surface area contributed by atoms with Crippen molar-refractivity contribution in [1.82, 2.24) is 14.8 Å². The minimum Gasteiger partial charge on any atom is -0.497 e. The van der Waals surface area contributed by atoms with E-state index in [4.69, 9.17) is 9.47 Å². The van der Waals surface area contributed by atoms with Gasteiger partial charge in [0.05, 0.1) is 7.11 Å². The second-order valence-corrected chi connectivity index (χ2v) is 7.56. The van der Waals surface area contributed by atoms with E-state index in [1.807, 2.05) is 41.8 Å². The number of methoxy groups -OCH3 is 1. The highest BCUT2D eigenvalue weighted by molar-refractivity contribution is 7.98. The highest BCUT2D eigenvalue weighted by atomic mass is 32.2. The average molecular weight is 402 g/mol. The van der Waals surface area contributed by atoms with Gasteiger partial charge in [-0.2, -0.15) is 0 Å². The molecule has 1 aromatic heterocycles. The molecule has 0 saturated carbocycles. The summed E-state index contributed by atoms with van der Waals surface area (Å²) in [5, 5.41) is 9.42. The summed E-state index contributed by atoms with van der Waals surface area (Å²) in [4.78, 5) is 0. The molecule has 0 aliphatic rings. The first-order chi connectivity index (χ1) is 13.5. The summed E-state index contributed by atoms with van der Waals surface area (Å²) in [5.74, 6) is 2.53. The van der Waals surface area contributed by atoms with E-state index in [1.165, 1.54) is 17.8 Å². The molecule has 0 saturated heterocycles. The quantitative estimate of drug-likeness (QED) is 0.471. The van der Waals surface area contributed by atoms with Crippen molar-refractivity contribution in [3.63, 3.8) is 0 Å². The van der Waals surface area contributed by atoms with Crippen LogP contribution in [0.1, 0.15) is 44.3 Å². The minimum atomic E-state index is -0.286. The molecule has 0 aliphatic carbocycles. The molecule has 0 fully saturated rings. The van der Waals surface area contributed by atoms with Crippen molar-refractivity contribution in [2.45, 2.75) is 43.8 Å². The minimum absolute atomic E-state index is 0.148. The van der Waals surface area contributed by atoms with Gasteiger partial charge < -0.3 is 14.0 Å². The van der Waals surface area contributed by atoms with E-state index >= 15 is 0 Å². The van der Waals surface area contributed by atoms with Gasteiger partial charge in [0.25, 0.3) is 0 Å². The van der Waals surface area contributed by atoms with E-state index in [2.05, 4.69) is 24.0 Å². The molecule has 3 aromatic rings. The summed E-state index contributed by atoms with van der Waals surface area (Å²) in [6.45, 7) is 6.08. The normalized spacial score (nSPS) is 12.2. The summed E-state index contributed by atoms with van der Waals surface area (Å²) in [6.07, 6.45) is -0.286. The lowest BCUT2D eigenvalue weighted by atomic mass is 10.2. The maximum Gasteiger partial charge on any atom is 0.191 e. The number of thioether (sulfide) groups is 1. The first kappa shape index (κ1) is 20.2. The molecule has 1 unspecified atom stereocenters. The molecule has 1 atom stereocenters. The van der Waals surface area contributed by atoms with Gasteiger partial charge in [-0.15, -0.1) is 10.2 Å². The zero-order valence-electron chi connectivity index (χ0n) is 16.4. The van der Waals surface area contributed by atoms with Gasteiger partial charge in [-0.25, -0.2) is 4.39 Å². The number of aromatic nitrogens is 3. The Bertz CT molecular complexity index is 912. The fourth-order valence-electron chi connectivity index (χ4n) is 2.82. The van der Waals surface area contributed by atoms with E-state index in [-0.39, 0.29) is 18.0 Å². The van der Waals surface area contributed by atoms with Gasteiger partial charge in [-0.3, -0.25) is 0 Å². The van der Waals surface area contributed by atoms with E-state index in [1.54, 1.807) is 19.2 Å². The van der Waals surface area contributed by atoms with Gasteiger partial charge in [0.15, 0.2) is 17.1 Å². The predicted octanol–water partition coefficient (Wildman–Crippen LogP) is 5.44. The number of hydrogen-bond acceptors (Lipinski definition) is 5. The largest absolute Gasteiger partial charge is 0.497 e. The van der Waals surface area contributed by atoms with Gasteiger partial charge in [-0.1, -0.05) is 30.0 Å². The molecular weight excluding hydrogens is 377 g/mol. The van der Waals surface area contributed by atoms with Crippen LogP contribution in [0.25, 0.3) is 0 Å². The number of ether oxygens (including phenoxy) is 2. The number of hydrogen-bond donors (Lipinski definition) is 0. The molecule has 0 radical (unpaired) electrons. The average Bonchev–Trinajstić information content (AvgIpc) is 3.12. The summed E-state index contributed by atoms with van der Waals surface area (Å²) < 4.78 is 27.1. The van der Waals surface area contributed by atoms with Crippen molar-refractivity contribution < 1.29 is 13.9 Å². The molecule has 148 valence electrons. The third kappa shape index (κ3) is 4.65. The number of nitrogens with zero attached hydrogens (tertiary/aromatic N) is 3. The summed E-state index contributed by atoms with van der Waals surface area (Å²) in [5.41, 5.74) is 0.648. The molecule has 0 amide bonds. The van der Waals surface area contributed by atoms with Crippen molar-refractivity contribution in [2.24, 2.45) is 0 Å². The third-order valence-electron chi connectivity index (χ3n) is 4.26. The highest BCUT2D eigenvalue weighted by Crippen LogP contribution is 2.30. The molecule has 0 spiro atoms. The molecular formula is C21H24FN3O2S. The Hall–Kier alpha value is -2.54. The van der Waals surface area contributed by atoms with Crippen molar-refractivity contribution in [3.8, 4) is 11.5 Å². The topological polar surface area (TPSA) is 49.2 Å². The van der Waals surface area contributed by atoms with Gasteiger partial charge in [0.2, 0.25) is 0 Å². The zero-order chi connectivity index (χ0) is 20.1. The SMILES string of the molecule is COc1ccc(OC(C)c2nnc(SCc3ccccc3F)n2C(C)C)cc1. The van der Waals surface area contributed by atoms with Crippen LogP contribution in [0.15, 0.2) is 53.7 Å². The molecule has 3 rings (SSSR count). The monoisotopic (exact) mass is 401 g/mol. The van der Waals surface area contributed by atoms with E-state index in [0.717, 1.165) is 22.5 Å². The molecule has 0 N–H and O–H groups in total. The second-order valence-electron chi connectivity index (χ2n) is 6.62. The number of benzene rings is 2. The van der Waals surface area contributed by atoms with Crippen LogP contribution in [0.4, 0.5) is 4.39 Å².